The molecule has 0 radical (unpaired) electrons. The maximum Gasteiger partial charge on any atom is 0.0718 e. The number of nitrogens with zero attached hydrogens (tertiary/aromatic N) is 1. The van der Waals surface area contributed by atoms with Crippen LogP contribution in [0, 0.1) is 6.92 Å². The Labute approximate surface area is 123 Å². The summed E-state index contributed by atoms with van der Waals surface area (Å²) in [5.74, 6) is 0. The molecular weight excluding hydrogens is 254 g/mol. The van der Waals surface area contributed by atoms with E-state index in [0.29, 0.717) is 0 Å². The molecule has 0 saturated heterocycles. The first-order valence-corrected chi connectivity index (χ1v) is 7.17. The van der Waals surface area contributed by atoms with Crippen LogP contribution in [0.1, 0.15) is 5.56 Å². The highest BCUT2D eigenvalue weighted by molar-refractivity contribution is 6.09. The summed E-state index contributed by atoms with van der Waals surface area (Å²) >= 11 is 0. The van der Waals surface area contributed by atoms with Gasteiger partial charge in [0.15, 0.2) is 0 Å². The number of hydrogen-bond donors (Lipinski definition) is 0. The zero-order chi connectivity index (χ0) is 14.2. The van der Waals surface area contributed by atoms with E-state index in [1.165, 1.54) is 27.5 Å². The van der Waals surface area contributed by atoms with Gasteiger partial charge in [-0.2, -0.15) is 0 Å². The fourth-order valence-electron chi connectivity index (χ4n) is 2.92. The molecule has 0 aliphatic rings. The van der Waals surface area contributed by atoms with Gasteiger partial charge in [0.25, 0.3) is 0 Å². The van der Waals surface area contributed by atoms with Crippen LogP contribution >= 0.6 is 0 Å². The van der Waals surface area contributed by atoms with E-state index < -0.39 is 0 Å². The fourth-order valence-corrected chi connectivity index (χ4v) is 2.92. The van der Waals surface area contributed by atoms with Crippen LogP contribution < -0.4 is 0 Å². The summed E-state index contributed by atoms with van der Waals surface area (Å²) in [6, 6.07) is 25.4. The molecule has 0 N–H and O–H groups in total. The molecule has 0 fully saturated rings. The van der Waals surface area contributed by atoms with Crippen molar-refractivity contribution in [1.82, 2.24) is 4.98 Å². The van der Waals surface area contributed by atoms with Gasteiger partial charge in [-0.25, -0.2) is 4.98 Å². The predicted molar refractivity (Wildman–Crippen MR) is 89.4 cm³/mol. The van der Waals surface area contributed by atoms with Crippen LogP contribution in [0.15, 0.2) is 72.8 Å². The van der Waals surface area contributed by atoms with Crippen molar-refractivity contribution in [2.24, 2.45) is 0 Å². The van der Waals surface area contributed by atoms with Crippen LogP contribution in [0.5, 0.6) is 0 Å². The van der Waals surface area contributed by atoms with E-state index in [1.807, 2.05) is 6.07 Å². The van der Waals surface area contributed by atoms with E-state index in [1.54, 1.807) is 0 Å². The molecule has 1 heteroatoms. The largest absolute Gasteiger partial charge is 0.248 e. The van der Waals surface area contributed by atoms with Crippen LogP contribution in [0.3, 0.4) is 0 Å². The van der Waals surface area contributed by atoms with Crippen LogP contribution in [0.4, 0.5) is 0 Å². The maximum absolute atomic E-state index is 4.82. The van der Waals surface area contributed by atoms with Crippen molar-refractivity contribution in [3.05, 3.63) is 78.4 Å². The van der Waals surface area contributed by atoms with Gasteiger partial charge in [0.05, 0.1) is 11.0 Å². The molecule has 0 spiro atoms. The Kier molecular flexibility index (Phi) is 2.71. The normalized spacial score (nSPS) is 11.1. The van der Waals surface area contributed by atoms with Crippen molar-refractivity contribution < 1.29 is 0 Å². The Balaban J connectivity index is 2.22. The van der Waals surface area contributed by atoms with Gasteiger partial charge in [-0.1, -0.05) is 60.7 Å². The quantitative estimate of drug-likeness (QED) is 0.424. The van der Waals surface area contributed by atoms with E-state index >= 15 is 0 Å². The molecule has 1 heterocycles. The molecule has 0 unspecified atom stereocenters. The zero-order valence-corrected chi connectivity index (χ0v) is 11.9. The van der Waals surface area contributed by atoms with E-state index in [4.69, 9.17) is 4.98 Å². The van der Waals surface area contributed by atoms with Crippen LogP contribution in [0.25, 0.3) is 32.9 Å². The minimum Gasteiger partial charge on any atom is -0.248 e. The van der Waals surface area contributed by atoms with Crippen LogP contribution in [-0.2, 0) is 0 Å². The van der Waals surface area contributed by atoms with E-state index in [-0.39, 0.29) is 0 Å². The van der Waals surface area contributed by atoms with Gasteiger partial charge in [-0.15, -0.1) is 0 Å². The fraction of sp³-hybridized carbons (Fsp3) is 0.0500. The minimum absolute atomic E-state index is 1.05. The van der Waals surface area contributed by atoms with Gasteiger partial charge in [-0.3, -0.25) is 0 Å². The molecule has 21 heavy (non-hydrogen) atoms. The molecule has 0 aliphatic heterocycles. The van der Waals surface area contributed by atoms with Gasteiger partial charge in [-0.05, 0) is 30.2 Å². The third-order valence-electron chi connectivity index (χ3n) is 3.90. The number of benzene rings is 3. The van der Waals surface area contributed by atoms with Gasteiger partial charge in [0, 0.05) is 16.3 Å². The van der Waals surface area contributed by atoms with Crippen molar-refractivity contribution in [3.63, 3.8) is 0 Å². The van der Waals surface area contributed by atoms with Crippen molar-refractivity contribution in [1.29, 1.82) is 0 Å². The second-order valence-electron chi connectivity index (χ2n) is 5.39. The summed E-state index contributed by atoms with van der Waals surface area (Å²) < 4.78 is 0. The molecular formula is C20H15N. The SMILES string of the molecule is Cc1ccc2c(-c3ccccc3)c3ccccc3nc2c1. The Morgan fingerprint density at radius 1 is 0.667 bits per heavy atom. The molecule has 1 nitrogen and oxygen atoms in total. The molecule has 0 atom stereocenters. The highest BCUT2D eigenvalue weighted by Gasteiger charge is 2.10. The first kappa shape index (κ1) is 12.1. The van der Waals surface area contributed by atoms with Gasteiger partial charge >= 0.3 is 0 Å². The smallest absolute Gasteiger partial charge is 0.0718 e. The third kappa shape index (κ3) is 1.98. The average Bonchev–Trinajstić information content (AvgIpc) is 2.53. The lowest BCUT2D eigenvalue weighted by Crippen LogP contribution is -1.89. The number of aromatic nitrogens is 1. The summed E-state index contributed by atoms with van der Waals surface area (Å²) in [7, 11) is 0. The molecule has 1 aromatic heterocycles. The minimum atomic E-state index is 1.05. The molecule has 4 rings (SSSR count). The van der Waals surface area contributed by atoms with E-state index in [2.05, 4.69) is 73.7 Å². The molecule has 3 aromatic carbocycles. The zero-order valence-electron chi connectivity index (χ0n) is 11.9. The average molecular weight is 269 g/mol. The van der Waals surface area contributed by atoms with Gasteiger partial charge in [0.1, 0.15) is 0 Å². The summed E-state index contributed by atoms with van der Waals surface area (Å²) in [5, 5.41) is 2.42. The molecule has 4 aromatic rings. The predicted octanol–water partition coefficient (Wildman–Crippen LogP) is 5.36. The first-order valence-electron chi connectivity index (χ1n) is 7.17. The summed E-state index contributed by atoms with van der Waals surface area (Å²) in [5.41, 5.74) is 5.87. The van der Waals surface area contributed by atoms with Crippen LogP contribution in [0.2, 0.25) is 0 Å². The third-order valence-corrected chi connectivity index (χ3v) is 3.90. The summed E-state index contributed by atoms with van der Waals surface area (Å²) in [6.45, 7) is 2.11. The van der Waals surface area contributed by atoms with E-state index in [9.17, 15) is 0 Å². The summed E-state index contributed by atoms with van der Waals surface area (Å²) in [6.07, 6.45) is 0. The number of aryl methyl sites for hydroxylation is 1. The second kappa shape index (κ2) is 4.71. The van der Waals surface area contributed by atoms with Crippen molar-refractivity contribution in [2.45, 2.75) is 6.92 Å². The topological polar surface area (TPSA) is 12.9 Å². The monoisotopic (exact) mass is 269 g/mol. The Bertz CT molecular complexity index is 940. The van der Waals surface area contributed by atoms with Crippen molar-refractivity contribution in [2.75, 3.05) is 0 Å². The number of para-hydroxylation sites is 1. The maximum atomic E-state index is 4.82. The lowest BCUT2D eigenvalue weighted by molar-refractivity contribution is 1.44. The van der Waals surface area contributed by atoms with Crippen molar-refractivity contribution >= 4 is 21.8 Å². The Hall–Kier alpha value is -2.67. The number of rotatable bonds is 1. The molecule has 100 valence electrons. The lowest BCUT2D eigenvalue weighted by atomic mass is 9.95. The molecule has 0 bridgehead atoms. The van der Waals surface area contributed by atoms with Crippen LogP contribution in [-0.4, -0.2) is 4.98 Å². The Morgan fingerprint density at radius 2 is 1.38 bits per heavy atom. The van der Waals surface area contributed by atoms with Gasteiger partial charge < -0.3 is 0 Å². The number of pyridine rings is 1. The highest BCUT2D eigenvalue weighted by atomic mass is 14.7. The number of hydrogen-bond acceptors (Lipinski definition) is 1. The molecule has 0 saturated carbocycles. The summed E-state index contributed by atoms with van der Waals surface area (Å²) in [4.78, 5) is 4.82. The van der Waals surface area contributed by atoms with Crippen molar-refractivity contribution in [3.8, 4) is 11.1 Å². The first-order chi connectivity index (χ1) is 10.3. The standard InChI is InChI=1S/C20H15N/c1-14-11-12-17-19(13-14)21-18-10-6-5-9-16(18)20(17)15-7-3-2-4-8-15/h2-13H,1H3. The Morgan fingerprint density at radius 3 is 2.24 bits per heavy atom. The van der Waals surface area contributed by atoms with E-state index in [0.717, 1.165) is 11.0 Å². The second-order valence-corrected chi connectivity index (χ2v) is 5.39. The number of fused-ring (bicyclic) bond motifs is 2. The van der Waals surface area contributed by atoms with Gasteiger partial charge in [0.2, 0.25) is 0 Å². The molecule has 0 aliphatic carbocycles. The lowest BCUT2D eigenvalue weighted by Gasteiger charge is -2.11. The molecule has 0 amide bonds. The highest BCUT2D eigenvalue weighted by Crippen LogP contribution is 2.34.